The molecule has 0 spiro atoms. The third kappa shape index (κ3) is 5.42. The highest BCUT2D eigenvalue weighted by Crippen LogP contribution is 2.29. The monoisotopic (exact) mass is 530 g/mol. The molecule has 3 heterocycles. The second kappa shape index (κ2) is 10.0. The highest BCUT2D eigenvalue weighted by atomic mass is 79.9. The lowest BCUT2D eigenvalue weighted by atomic mass is 10.1. The van der Waals surface area contributed by atoms with Crippen LogP contribution in [0.25, 0.3) is 11.3 Å². The summed E-state index contributed by atoms with van der Waals surface area (Å²) in [6, 6.07) is 10.7. The molecule has 176 valence electrons. The second-order valence-electron chi connectivity index (χ2n) is 7.44. The van der Waals surface area contributed by atoms with Crippen molar-refractivity contribution in [1.29, 1.82) is 0 Å². The molecule has 34 heavy (non-hydrogen) atoms. The van der Waals surface area contributed by atoms with E-state index < -0.39 is 17.9 Å². The third-order valence-electron chi connectivity index (χ3n) is 5.20. The summed E-state index contributed by atoms with van der Waals surface area (Å²) in [5.41, 5.74) is 0.985. The molecule has 0 atom stereocenters. The molecule has 0 unspecified atom stereocenters. The Balaban J connectivity index is 1.56. The van der Waals surface area contributed by atoms with Crippen LogP contribution in [0.2, 0.25) is 0 Å². The zero-order valence-electron chi connectivity index (χ0n) is 18.1. The molecule has 1 aliphatic rings. The van der Waals surface area contributed by atoms with Crippen LogP contribution >= 0.6 is 15.9 Å². The Labute approximate surface area is 202 Å². The number of carbonyl (C=O) groups excluding carboxylic acids is 1. The number of ether oxygens (including phenoxy) is 2. The maximum Gasteiger partial charge on any atom is 0.407 e. The smallest absolute Gasteiger partial charge is 0.407 e. The SMILES string of the molecule is COC(=O)c1cc(Oc2ccc(N3CCN(C(=O)O)CC3)nc2)nc(-c2cc(F)cc(Br)c2)c1. The number of hydrogen-bond donors (Lipinski definition) is 1. The number of nitrogens with zero attached hydrogens (tertiary/aromatic N) is 4. The molecular formula is C23H20BrFN4O5. The Morgan fingerprint density at radius 3 is 2.47 bits per heavy atom. The van der Waals surface area contributed by atoms with Crippen molar-refractivity contribution in [3.8, 4) is 22.9 Å². The van der Waals surface area contributed by atoms with Crippen LogP contribution in [0.15, 0.2) is 53.1 Å². The first-order valence-corrected chi connectivity index (χ1v) is 11.1. The Morgan fingerprint density at radius 1 is 1.09 bits per heavy atom. The summed E-state index contributed by atoms with van der Waals surface area (Å²) >= 11 is 3.26. The quantitative estimate of drug-likeness (QED) is 0.483. The van der Waals surface area contributed by atoms with Crippen molar-refractivity contribution in [2.45, 2.75) is 0 Å². The molecule has 1 amide bonds. The minimum Gasteiger partial charge on any atom is -0.465 e. The lowest BCUT2D eigenvalue weighted by molar-refractivity contribution is 0.0600. The van der Waals surface area contributed by atoms with Crippen molar-refractivity contribution in [2.24, 2.45) is 0 Å². The normalized spacial score (nSPS) is 13.5. The van der Waals surface area contributed by atoms with E-state index in [1.54, 1.807) is 18.2 Å². The van der Waals surface area contributed by atoms with E-state index in [1.165, 1.54) is 42.5 Å². The standard InChI is InChI=1S/C23H20BrFN4O5/c1-33-22(30)15-10-19(14-8-16(24)12-17(25)9-14)27-21(11-15)34-18-2-3-20(26-13-18)28-4-6-29(7-5-28)23(31)32/h2-3,8-13H,4-7H2,1H3,(H,31,32). The summed E-state index contributed by atoms with van der Waals surface area (Å²) in [4.78, 5) is 35.4. The molecule has 11 heteroatoms. The number of anilines is 1. The van der Waals surface area contributed by atoms with E-state index in [4.69, 9.17) is 14.6 Å². The van der Waals surface area contributed by atoms with E-state index in [2.05, 4.69) is 25.9 Å². The van der Waals surface area contributed by atoms with Crippen LogP contribution in [0.1, 0.15) is 10.4 Å². The molecule has 0 aliphatic carbocycles. The largest absolute Gasteiger partial charge is 0.465 e. The summed E-state index contributed by atoms with van der Waals surface area (Å²) in [7, 11) is 1.26. The molecule has 0 saturated carbocycles. The maximum absolute atomic E-state index is 13.9. The van der Waals surface area contributed by atoms with Crippen LogP contribution in [0.4, 0.5) is 15.0 Å². The van der Waals surface area contributed by atoms with Gasteiger partial charge in [0, 0.05) is 42.3 Å². The Hall–Kier alpha value is -3.73. The van der Waals surface area contributed by atoms with Gasteiger partial charge in [0.25, 0.3) is 0 Å². The van der Waals surface area contributed by atoms with E-state index >= 15 is 0 Å². The van der Waals surface area contributed by atoms with Gasteiger partial charge in [0.1, 0.15) is 17.4 Å². The van der Waals surface area contributed by atoms with Gasteiger partial charge in [-0.25, -0.2) is 23.9 Å². The van der Waals surface area contributed by atoms with Crippen molar-refractivity contribution >= 4 is 33.8 Å². The Kier molecular flexibility index (Phi) is 6.92. The number of carbonyl (C=O) groups is 2. The minimum absolute atomic E-state index is 0.114. The van der Waals surface area contributed by atoms with Gasteiger partial charge in [0.2, 0.25) is 5.88 Å². The van der Waals surface area contributed by atoms with Crippen LogP contribution in [0.5, 0.6) is 11.6 Å². The van der Waals surface area contributed by atoms with E-state index in [1.807, 2.05) is 4.90 Å². The first-order chi connectivity index (χ1) is 16.3. The molecule has 4 rings (SSSR count). The van der Waals surface area contributed by atoms with E-state index in [0.717, 1.165) is 0 Å². The van der Waals surface area contributed by atoms with Crippen molar-refractivity contribution in [3.05, 3.63) is 64.5 Å². The number of piperazine rings is 1. The van der Waals surface area contributed by atoms with Gasteiger partial charge >= 0.3 is 12.1 Å². The number of halogens is 2. The number of rotatable bonds is 5. The summed E-state index contributed by atoms with van der Waals surface area (Å²) in [6.07, 6.45) is 0.590. The van der Waals surface area contributed by atoms with Crippen LogP contribution in [0.3, 0.4) is 0 Å². The Morgan fingerprint density at radius 2 is 1.85 bits per heavy atom. The molecule has 1 aromatic carbocycles. The number of aromatic nitrogens is 2. The minimum atomic E-state index is -0.928. The molecule has 0 radical (unpaired) electrons. The van der Waals surface area contributed by atoms with Crippen molar-refractivity contribution in [2.75, 3.05) is 38.2 Å². The van der Waals surface area contributed by atoms with Gasteiger partial charge in [0.15, 0.2) is 0 Å². The molecule has 1 saturated heterocycles. The van der Waals surface area contributed by atoms with Gasteiger partial charge in [-0.2, -0.15) is 0 Å². The van der Waals surface area contributed by atoms with Gasteiger partial charge in [-0.3, -0.25) is 0 Å². The molecule has 1 aliphatic heterocycles. The highest BCUT2D eigenvalue weighted by Gasteiger charge is 2.21. The van der Waals surface area contributed by atoms with Crippen molar-refractivity contribution < 1.29 is 28.6 Å². The van der Waals surface area contributed by atoms with Gasteiger partial charge in [-0.1, -0.05) is 15.9 Å². The van der Waals surface area contributed by atoms with Crippen molar-refractivity contribution in [1.82, 2.24) is 14.9 Å². The summed E-state index contributed by atoms with van der Waals surface area (Å²) in [6.45, 7) is 1.88. The second-order valence-corrected chi connectivity index (χ2v) is 8.36. The third-order valence-corrected chi connectivity index (χ3v) is 5.66. The zero-order chi connectivity index (χ0) is 24.2. The molecule has 3 aromatic rings. The van der Waals surface area contributed by atoms with Gasteiger partial charge in [-0.05, 0) is 36.4 Å². The predicted molar refractivity (Wildman–Crippen MR) is 125 cm³/mol. The number of benzene rings is 1. The van der Waals surface area contributed by atoms with E-state index in [-0.39, 0.29) is 11.4 Å². The van der Waals surface area contributed by atoms with E-state index in [9.17, 15) is 14.0 Å². The van der Waals surface area contributed by atoms with Crippen LogP contribution in [0, 0.1) is 5.82 Å². The molecular weight excluding hydrogens is 511 g/mol. The predicted octanol–water partition coefficient (Wildman–Crippen LogP) is 4.42. The average Bonchev–Trinajstić information content (AvgIpc) is 2.83. The maximum atomic E-state index is 13.9. The van der Waals surface area contributed by atoms with Crippen LogP contribution in [-0.4, -0.2) is 65.3 Å². The molecule has 9 nitrogen and oxygen atoms in total. The molecule has 2 aromatic heterocycles. The first-order valence-electron chi connectivity index (χ1n) is 10.3. The molecule has 1 N–H and O–H groups in total. The van der Waals surface area contributed by atoms with Gasteiger partial charge in [-0.15, -0.1) is 0 Å². The number of methoxy groups -OCH3 is 1. The lowest BCUT2D eigenvalue weighted by Gasteiger charge is -2.33. The van der Waals surface area contributed by atoms with Crippen molar-refractivity contribution in [3.63, 3.8) is 0 Å². The zero-order valence-corrected chi connectivity index (χ0v) is 19.7. The van der Waals surface area contributed by atoms with E-state index in [0.29, 0.717) is 53.5 Å². The number of pyridine rings is 2. The summed E-state index contributed by atoms with van der Waals surface area (Å²) in [5, 5.41) is 9.08. The number of carboxylic acid groups (broad SMARTS) is 1. The fourth-order valence-electron chi connectivity index (χ4n) is 3.51. The number of esters is 1. The fraction of sp³-hybridized carbons (Fsp3) is 0.217. The molecule has 0 bridgehead atoms. The van der Waals surface area contributed by atoms with Crippen LogP contribution in [-0.2, 0) is 4.74 Å². The fourth-order valence-corrected chi connectivity index (χ4v) is 3.98. The number of hydrogen-bond acceptors (Lipinski definition) is 7. The highest BCUT2D eigenvalue weighted by molar-refractivity contribution is 9.10. The molecule has 1 fully saturated rings. The Bertz CT molecular complexity index is 1200. The topological polar surface area (TPSA) is 105 Å². The first kappa shape index (κ1) is 23.4. The number of amides is 1. The average molecular weight is 531 g/mol. The van der Waals surface area contributed by atoms with Crippen LogP contribution < -0.4 is 9.64 Å². The van der Waals surface area contributed by atoms with Gasteiger partial charge in [0.05, 0.1) is 24.6 Å². The lowest BCUT2D eigenvalue weighted by Crippen LogP contribution is -2.48. The summed E-state index contributed by atoms with van der Waals surface area (Å²) < 4.78 is 25.1. The van der Waals surface area contributed by atoms with Gasteiger partial charge < -0.3 is 24.4 Å². The summed E-state index contributed by atoms with van der Waals surface area (Å²) in [5.74, 6) is 0.148.